The molecule has 1 rings (SSSR count). The molecule has 0 fully saturated rings. The number of carbonyl (C=O) groups is 3. The second kappa shape index (κ2) is 9.71. The molecule has 0 bridgehead atoms. The molecule has 0 amide bonds. The molecule has 0 saturated heterocycles. The van der Waals surface area contributed by atoms with Gasteiger partial charge in [0.05, 0.1) is 13.2 Å². The monoisotopic (exact) mass is 306 g/mol. The van der Waals surface area contributed by atoms with E-state index < -0.39 is 23.6 Å². The third kappa shape index (κ3) is 5.68. The molecule has 120 valence electrons. The van der Waals surface area contributed by atoms with E-state index in [0.717, 1.165) is 5.56 Å². The number of rotatable bonds is 9. The zero-order chi connectivity index (χ0) is 16.4. The summed E-state index contributed by atoms with van der Waals surface area (Å²) in [6, 6.07) is 9.72. The summed E-state index contributed by atoms with van der Waals surface area (Å²) >= 11 is 0. The van der Waals surface area contributed by atoms with Gasteiger partial charge in [0.25, 0.3) is 0 Å². The second-order valence-corrected chi connectivity index (χ2v) is 4.74. The fourth-order valence-corrected chi connectivity index (χ4v) is 2.07. The smallest absolute Gasteiger partial charge is 0.328 e. The number of hydrogen-bond acceptors (Lipinski definition) is 5. The summed E-state index contributed by atoms with van der Waals surface area (Å²) in [6.07, 6.45) is 1.42. The first-order chi connectivity index (χ1) is 10.6. The minimum atomic E-state index is -1.46. The largest absolute Gasteiger partial charge is 0.465 e. The van der Waals surface area contributed by atoms with Gasteiger partial charge < -0.3 is 9.47 Å². The van der Waals surface area contributed by atoms with E-state index in [4.69, 9.17) is 9.47 Å². The average Bonchev–Trinajstić information content (AvgIpc) is 2.49. The van der Waals surface area contributed by atoms with Crippen LogP contribution in [0.4, 0.5) is 0 Å². The van der Waals surface area contributed by atoms with Gasteiger partial charge in [0, 0.05) is 6.42 Å². The van der Waals surface area contributed by atoms with E-state index in [2.05, 4.69) is 0 Å². The number of benzene rings is 1. The highest BCUT2D eigenvalue weighted by atomic mass is 16.6. The third-order valence-corrected chi connectivity index (χ3v) is 3.10. The topological polar surface area (TPSA) is 69.7 Å². The number of esters is 2. The molecule has 5 nitrogen and oxygen atoms in total. The van der Waals surface area contributed by atoms with Crippen molar-refractivity contribution in [2.75, 3.05) is 13.2 Å². The Morgan fingerprint density at radius 3 is 2.00 bits per heavy atom. The Morgan fingerprint density at radius 2 is 1.50 bits per heavy atom. The van der Waals surface area contributed by atoms with E-state index in [1.807, 2.05) is 30.3 Å². The van der Waals surface area contributed by atoms with Gasteiger partial charge in [-0.15, -0.1) is 0 Å². The minimum Gasteiger partial charge on any atom is -0.465 e. The molecule has 0 atom stereocenters. The zero-order valence-electron chi connectivity index (χ0n) is 13.0. The molecule has 5 heteroatoms. The summed E-state index contributed by atoms with van der Waals surface area (Å²) in [4.78, 5) is 35.7. The van der Waals surface area contributed by atoms with E-state index >= 15 is 0 Å². The van der Waals surface area contributed by atoms with E-state index in [1.165, 1.54) is 0 Å². The van der Waals surface area contributed by atoms with Crippen molar-refractivity contribution < 1.29 is 23.9 Å². The number of Topliss-reactive ketones (excluding diaryl/α,β-unsaturated/α-hetero) is 1. The fraction of sp³-hybridized carbons (Fsp3) is 0.471. The Morgan fingerprint density at radius 1 is 0.955 bits per heavy atom. The molecule has 0 aromatic heterocycles. The molecular formula is C17H22O5. The molecule has 22 heavy (non-hydrogen) atoms. The van der Waals surface area contributed by atoms with Crippen molar-refractivity contribution in [1.29, 1.82) is 0 Å². The van der Waals surface area contributed by atoms with Crippen molar-refractivity contribution in [3.63, 3.8) is 0 Å². The predicted octanol–water partition coefficient (Wildman–Crippen LogP) is 2.32. The van der Waals surface area contributed by atoms with Gasteiger partial charge in [-0.25, -0.2) is 0 Å². The summed E-state index contributed by atoms with van der Waals surface area (Å²) in [5.41, 5.74) is 1.11. The standard InChI is InChI=1S/C17H22O5/c1-3-21-16(19)15(17(20)22-4-2)14(18)12-8-11-13-9-6-5-7-10-13/h5-7,9-10,15H,3-4,8,11-12H2,1-2H3. The Labute approximate surface area is 130 Å². The van der Waals surface area contributed by atoms with Gasteiger partial charge in [-0.05, 0) is 32.3 Å². The fourth-order valence-electron chi connectivity index (χ4n) is 2.07. The lowest BCUT2D eigenvalue weighted by Gasteiger charge is -2.13. The first-order valence-electron chi connectivity index (χ1n) is 7.50. The van der Waals surface area contributed by atoms with Gasteiger partial charge in [-0.3, -0.25) is 14.4 Å². The van der Waals surface area contributed by atoms with Crippen LogP contribution in [0.1, 0.15) is 32.3 Å². The molecule has 0 saturated carbocycles. The van der Waals surface area contributed by atoms with Crippen LogP contribution in [0.25, 0.3) is 0 Å². The summed E-state index contributed by atoms with van der Waals surface area (Å²) in [5.74, 6) is -3.57. The number of aryl methyl sites for hydroxylation is 1. The predicted molar refractivity (Wildman–Crippen MR) is 81.1 cm³/mol. The van der Waals surface area contributed by atoms with E-state index in [9.17, 15) is 14.4 Å². The maximum atomic E-state index is 12.2. The lowest BCUT2D eigenvalue weighted by atomic mass is 9.98. The van der Waals surface area contributed by atoms with Gasteiger partial charge in [0.2, 0.25) is 5.92 Å². The Kier molecular flexibility index (Phi) is 7.89. The van der Waals surface area contributed by atoms with Crippen LogP contribution in [0.5, 0.6) is 0 Å². The van der Waals surface area contributed by atoms with Crippen molar-refractivity contribution in [3.8, 4) is 0 Å². The first kappa shape index (κ1) is 17.9. The third-order valence-electron chi connectivity index (χ3n) is 3.10. The van der Waals surface area contributed by atoms with Gasteiger partial charge in [-0.1, -0.05) is 30.3 Å². The Bertz CT molecular complexity index is 477. The van der Waals surface area contributed by atoms with Crippen LogP contribution >= 0.6 is 0 Å². The lowest BCUT2D eigenvalue weighted by Crippen LogP contribution is -2.35. The normalized spacial score (nSPS) is 10.3. The molecule has 0 heterocycles. The molecule has 0 radical (unpaired) electrons. The summed E-state index contributed by atoms with van der Waals surface area (Å²) in [6.45, 7) is 3.48. The van der Waals surface area contributed by atoms with Crippen LogP contribution < -0.4 is 0 Å². The highest BCUT2D eigenvalue weighted by Gasteiger charge is 2.35. The number of hydrogen-bond donors (Lipinski definition) is 0. The van der Waals surface area contributed by atoms with Crippen LogP contribution in [0.15, 0.2) is 30.3 Å². The van der Waals surface area contributed by atoms with Crippen LogP contribution in [0.2, 0.25) is 0 Å². The summed E-state index contributed by atoms with van der Waals surface area (Å²) < 4.78 is 9.59. The number of ketones is 1. The molecule has 1 aromatic carbocycles. The second-order valence-electron chi connectivity index (χ2n) is 4.74. The van der Waals surface area contributed by atoms with Crippen molar-refractivity contribution in [1.82, 2.24) is 0 Å². The molecule has 1 aromatic rings. The van der Waals surface area contributed by atoms with Gasteiger partial charge in [0.15, 0.2) is 5.78 Å². The van der Waals surface area contributed by atoms with Gasteiger partial charge in [0.1, 0.15) is 0 Å². The van der Waals surface area contributed by atoms with E-state index in [0.29, 0.717) is 12.8 Å². The van der Waals surface area contributed by atoms with Crippen molar-refractivity contribution in [2.24, 2.45) is 5.92 Å². The van der Waals surface area contributed by atoms with Gasteiger partial charge in [-0.2, -0.15) is 0 Å². The molecular weight excluding hydrogens is 284 g/mol. The highest BCUT2D eigenvalue weighted by molar-refractivity contribution is 6.14. The van der Waals surface area contributed by atoms with Crippen LogP contribution in [-0.4, -0.2) is 30.9 Å². The number of ether oxygens (including phenoxy) is 2. The SMILES string of the molecule is CCOC(=O)C(C(=O)CCCc1ccccc1)C(=O)OCC. The van der Waals surface area contributed by atoms with E-state index in [-0.39, 0.29) is 19.6 Å². The maximum Gasteiger partial charge on any atom is 0.328 e. The highest BCUT2D eigenvalue weighted by Crippen LogP contribution is 2.12. The minimum absolute atomic E-state index is 0.117. The zero-order valence-corrected chi connectivity index (χ0v) is 13.0. The lowest BCUT2D eigenvalue weighted by molar-refractivity contribution is -0.164. The Hall–Kier alpha value is -2.17. The molecule has 0 N–H and O–H groups in total. The molecule has 0 aliphatic rings. The van der Waals surface area contributed by atoms with Crippen LogP contribution in [0, 0.1) is 5.92 Å². The van der Waals surface area contributed by atoms with Gasteiger partial charge >= 0.3 is 11.9 Å². The quantitative estimate of drug-likeness (QED) is 0.517. The van der Waals surface area contributed by atoms with Crippen LogP contribution in [-0.2, 0) is 30.3 Å². The Balaban J connectivity index is 2.59. The summed E-state index contributed by atoms with van der Waals surface area (Å²) in [5, 5.41) is 0. The first-order valence-corrected chi connectivity index (χ1v) is 7.50. The molecule has 0 spiro atoms. The van der Waals surface area contributed by atoms with Crippen LogP contribution in [0.3, 0.4) is 0 Å². The average molecular weight is 306 g/mol. The summed E-state index contributed by atoms with van der Waals surface area (Å²) in [7, 11) is 0. The van der Waals surface area contributed by atoms with Crippen molar-refractivity contribution in [3.05, 3.63) is 35.9 Å². The van der Waals surface area contributed by atoms with Crippen molar-refractivity contribution in [2.45, 2.75) is 33.1 Å². The molecule has 0 aliphatic heterocycles. The number of carbonyl (C=O) groups excluding carboxylic acids is 3. The van der Waals surface area contributed by atoms with Crippen molar-refractivity contribution >= 4 is 17.7 Å². The van der Waals surface area contributed by atoms with E-state index in [1.54, 1.807) is 13.8 Å². The molecule has 0 unspecified atom stereocenters. The maximum absolute atomic E-state index is 12.2. The molecule has 0 aliphatic carbocycles.